The van der Waals surface area contributed by atoms with Gasteiger partial charge in [0.2, 0.25) is 5.91 Å². The summed E-state index contributed by atoms with van der Waals surface area (Å²) in [5, 5.41) is 11.6. The number of rotatable bonds is 8. The van der Waals surface area contributed by atoms with Crippen LogP contribution >= 0.6 is 0 Å². The van der Waals surface area contributed by atoms with Gasteiger partial charge in [0.05, 0.1) is 0 Å². The maximum absolute atomic E-state index is 11.7. The van der Waals surface area contributed by atoms with Gasteiger partial charge < -0.3 is 15.2 Å². The van der Waals surface area contributed by atoms with E-state index in [9.17, 15) is 9.59 Å². The first-order valence-electron chi connectivity index (χ1n) is 6.80. The van der Waals surface area contributed by atoms with Crippen molar-refractivity contribution in [1.82, 2.24) is 5.32 Å². The Balaban J connectivity index is 2.32. The number of carboxylic acid groups (broad SMARTS) is 1. The van der Waals surface area contributed by atoms with Crippen molar-refractivity contribution in [2.75, 3.05) is 6.61 Å². The van der Waals surface area contributed by atoms with Crippen molar-refractivity contribution in [3.63, 3.8) is 0 Å². The Morgan fingerprint density at radius 1 is 1.39 bits per heavy atom. The second-order valence-electron chi connectivity index (χ2n) is 4.75. The van der Waals surface area contributed by atoms with Crippen molar-refractivity contribution in [1.29, 1.82) is 0 Å². The van der Waals surface area contributed by atoms with Gasteiger partial charge in [-0.1, -0.05) is 32.6 Å². The number of carbonyl (C=O) groups excluding carboxylic acids is 1. The fourth-order valence-electron chi connectivity index (χ4n) is 2.08. The van der Waals surface area contributed by atoms with Gasteiger partial charge in [-0.15, -0.1) is 0 Å². The number of carbonyl (C=O) groups is 2. The van der Waals surface area contributed by atoms with E-state index >= 15 is 0 Å². The van der Waals surface area contributed by atoms with Crippen molar-refractivity contribution < 1.29 is 19.4 Å². The topological polar surface area (TPSA) is 75.6 Å². The minimum atomic E-state index is -0.960. The molecular weight excluding hydrogens is 234 g/mol. The molecule has 1 aliphatic heterocycles. The molecule has 1 heterocycles. The lowest BCUT2D eigenvalue weighted by Crippen LogP contribution is -2.45. The van der Waals surface area contributed by atoms with Crippen LogP contribution < -0.4 is 5.32 Å². The Labute approximate surface area is 108 Å². The molecule has 104 valence electrons. The van der Waals surface area contributed by atoms with Crippen LogP contribution in [0, 0.1) is 0 Å². The minimum absolute atomic E-state index is 0.282. The van der Waals surface area contributed by atoms with Crippen molar-refractivity contribution in [3.8, 4) is 0 Å². The SMILES string of the molecule is CCCCCC[C@@H](NC(=O)[C@H]1CCCO1)C(=O)O. The molecule has 18 heavy (non-hydrogen) atoms. The molecular formula is C13H23NO4. The third-order valence-corrected chi connectivity index (χ3v) is 3.18. The smallest absolute Gasteiger partial charge is 0.326 e. The van der Waals surface area contributed by atoms with Gasteiger partial charge in [-0.3, -0.25) is 4.79 Å². The van der Waals surface area contributed by atoms with Crippen molar-refractivity contribution in [2.45, 2.75) is 64.0 Å². The third kappa shape index (κ3) is 5.04. The maximum atomic E-state index is 11.7. The van der Waals surface area contributed by atoms with E-state index in [1.807, 2.05) is 0 Å². The Morgan fingerprint density at radius 3 is 2.72 bits per heavy atom. The van der Waals surface area contributed by atoms with Gasteiger partial charge in [0.15, 0.2) is 0 Å². The zero-order valence-electron chi connectivity index (χ0n) is 11.0. The summed E-state index contributed by atoms with van der Waals surface area (Å²) < 4.78 is 5.23. The van der Waals surface area contributed by atoms with Crippen molar-refractivity contribution in [3.05, 3.63) is 0 Å². The van der Waals surface area contributed by atoms with Crippen molar-refractivity contribution in [2.24, 2.45) is 0 Å². The number of unbranched alkanes of at least 4 members (excludes halogenated alkanes) is 3. The monoisotopic (exact) mass is 257 g/mol. The van der Waals surface area contributed by atoms with Crippen LogP contribution in [0.4, 0.5) is 0 Å². The normalized spacial score (nSPS) is 20.6. The molecule has 0 unspecified atom stereocenters. The molecule has 0 spiro atoms. The standard InChI is InChI=1S/C13H23NO4/c1-2-3-4-5-7-10(13(16)17)14-12(15)11-8-6-9-18-11/h10-11H,2-9H2,1H3,(H,14,15)(H,16,17)/t10-,11-/m1/s1. The number of nitrogens with one attached hydrogen (secondary N) is 1. The number of ether oxygens (including phenoxy) is 1. The lowest BCUT2D eigenvalue weighted by atomic mass is 10.1. The van der Waals surface area contributed by atoms with Crippen LogP contribution in [0.25, 0.3) is 0 Å². The highest BCUT2D eigenvalue weighted by molar-refractivity contribution is 5.86. The van der Waals surface area contributed by atoms with Crippen LogP contribution in [0.5, 0.6) is 0 Å². The van der Waals surface area contributed by atoms with Crippen LogP contribution in [-0.2, 0) is 14.3 Å². The number of amides is 1. The van der Waals surface area contributed by atoms with Gasteiger partial charge >= 0.3 is 5.97 Å². The van der Waals surface area contributed by atoms with Gasteiger partial charge in [-0.2, -0.15) is 0 Å². The Hall–Kier alpha value is -1.10. The fraction of sp³-hybridized carbons (Fsp3) is 0.846. The number of hydrogen-bond donors (Lipinski definition) is 2. The highest BCUT2D eigenvalue weighted by Crippen LogP contribution is 2.13. The third-order valence-electron chi connectivity index (χ3n) is 3.18. The molecule has 1 saturated heterocycles. The van der Waals surface area contributed by atoms with E-state index in [1.165, 1.54) is 0 Å². The first kappa shape index (κ1) is 15.0. The van der Waals surface area contributed by atoms with Gasteiger partial charge in [0.1, 0.15) is 12.1 Å². The Morgan fingerprint density at radius 2 is 2.17 bits per heavy atom. The molecule has 5 nitrogen and oxygen atoms in total. The largest absolute Gasteiger partial charge is 0.480 e. The second kappa shape index (κ2) is 8.08. The maximum Gasteiger partial charge on any atom is 0.326 e. The first-order chi connectivity index (χ1) is 8.65. The molecule has 0 saturated carbocycles. The predicted molar refractivity (Wildman–Crippen MR) is 67.3 cm³/mol. The molecule has 1 rings (SSSR count). The van der Waals surface area contributed by atoms with E-state index in [-0.39, 0.29) is 5.91 Å². The number of hydrogen-bond acceptors (Lipinski definition) is 3. The van der Waals surface area contributed by atoms with Crippen molar-refractivity contribution >= 4 is 11.9 Å². The van der Waals surface area contributed by atoms with E-state index in [0.29, 0.717) is 19.4 Å². The summed E-state index contributed by atoms with van der Waals surface area (Å²) in [5.74, 6) is -1.24. The van der Waals surface area contributed by atoms with Crippen LogP contribution in [0.15, 0.2) is 0 Å². The molecule has 1 fully saturated rings. The highest BCUT2D eigenvalue weighted by Gasteiger charge is 2.27. The molecule has 0 radical (unpaired) electrons. The predicted octanol–water partition coefficient (Wildman–Crippen LogP) is 1.71. The summed E-state index contributed by atoms with van der Waals surface area (Å²) >= 11 is 0. The lowest BCUT2D eigenvalue weighted by Gasteiger charge is -2.17. The van der Waals surface area contributed by atoms with E-state index in [2.05, 4.69) is 12.2 Å². The van der Waals surface area contributed by atoms with Gasteiger partial charge in [-0.05, 0) is 19.3 Å². The Kier molecular flexibility index (Phi) is 6.72. The van der Waals surface area contributed by atoms with Gasteiger partial charge in [0.25, 0.3) is 0 Å². The summed E-state index contributed by atoms with van der Waals surface area (Å²) in [6.07, 6.45) is 5.65. The second-order valence-corrected chi connectivity index (χ2v) is 4.75. The summed E-state index contributed by atoms with van der Waals surface area (Å²) in [5.41, 5.74) is 0. The summed E-state index contributed by atoms with van der Waals surface area (Å²) in [6.45, 7) is 2.69. The van der Waals surface area contributed by atoms with E-state index in [1.54, 1.807) is 0 Å². The quantitative estimate of drug-likeness (QED) is 0.649. The molecule has 0 aromatic carbocycles. The number of aliphatic carboxylic acids is 1. The molecule has 1 aliphatic rings. The zero-order valence-corrected chi connectivity index (χ0v) is 11.0. The summed E-state index contributed by atoms with van der Waals surface area (Å²) in [6, 6.07) is -0.779. The molecule has 0 aromatic heterocycles. The molecule has 0 bridgehead atoms. The lowest BCUT2D eigenvalue weighted by molar-refractivity contribution is -0.143. The number of carboxylic acids is 1. The molecule has 0 aromatic rings. The average Bonchev–Trinajstić information content (AvgIpc) is 2.86. The fourth-order valence-corrected chi connectivity index (χ4v) is 2.08. The Bertz CT molecular complexity index is 274. The zero-order chi connectivity index (χ0) is 13.4. The highest BCUT2D eigenvalue weighted by atomic mass is 16.5. The van der Waals surface area contributed by atoms with E-state index in [4.69, 9.17) is 9.84 Å². The van der Waals surface area contributed by atoms with Crippen LogP contribution in [0.2, 0.25) is 0 Å². The first-order valence-corrected chi connectivity index (χ1v) is 6.80. The minimum Gasteiger partial charge on any atom is -0.480 e. The van der Waals surface area contributed by atoms with E-state index < -0.39 is 18.1 Å². The van der Waals surface area contributed by atoms with Crippen LogP contribution in [0.1, 0.15) is 51.9 Å². The van der Waals surface area contributed by atoms with Gasteiger partial charge in [-0.25, -0.2) is 4.79 Å². The van der Waals surface area contributed by atoms with Crippen LogP contribution in [0.3, 0.4) is 0 Å². The average molecular weight is 257 g/mol. The molecule has 2 N–H and O–H groups in total. The summed E-state index contributed by atoms with van der Waals surface area (Å²) in [7, 11) is 0. The molecule has 5 heteroatoms. The molecule has 2 atom stereocenters. The molecule has 1 amide bonds. The van der Waals surface area contributed by atoms with Gasteiger partial charge in [0, 0.05) is 6.61 Å². The van der Waals surface area contributed by atoms with E-state index in [0.717, 1.165) is 32.1 Å². The van der Waals surface area contributed by atoms with Crippen LogP contribution in [-0.4, -0.2) is 35.7 Å². The summed E-state index contributed by atoms with van der Waals surface area (Å²) in [4.78, 5) is 22.8. The molecule has 0 aliphatic carbocycles.